The summed E-state index contributed by atoms with van der Waals surface area (Å²) in [6.07, 6.45) is 1.20. The van der Waals surface area contributed by atoms with Crippen LogP contribution in [0, 0.1) is 13.8 Å². The standard InChI is InChI=1S/C18H25N3O2/c1-5-21-14(3)17(13(2)20-21)9-10-18(22)19-12-15-7-6-8-16(11-15)23-4/h6-8,11H,5,9-10,12H2,1-4H3,(H,19,22). The molecule has 0 radical (unpaired) electrons. The van der Waals surface area contributed by atoms with Crippen molar-refractivity contribution in [2.75, 3.05) is 7.11 Å². The smallest absolute Gasteiger partial charge is 0.220 e. The number of nitrogens with zero attached hydrogens (tertiary/aromatic N) is 2. The minimum absolute atomic E-state index is 0.0517. The van der Waals surface area contributed by atoms with Gasteiger partial charge in [-0.2, -0.15) is 5.10 Å². The molecule has 5 nitrogen and oxygen atoms in total. The van der Waals surface area contributed by atoms with Crippen LogP contribution in [0.25, 0.3) is 0 Å². The molecule has 0 aliphatic rings. The number of carbonyl (C=O) groups is 1. The van der Waals surface area contributed by atoms with Crippen molar-refractivity contribution >= 4 is 5.91 Å². The van der Waals surface area contributed by atoms with Crippen LogP contribution in [0.1, 0.15) is 35.9 Å². The number of rotatable bonds is 7. The molecule has 0 fully saturated rings. The van der Waals surface area contributed by atoms with E-state index < -0.39 is 0 Å². The molecule has 0 bridgehead atoms. The summed E-state index contributed by atoms with van der Waals surface area (Å²) in [5.41, 5.74) is 4.39. The fourth-order valence-corrected chi connectivity index (χ4v) is 2.71. The second-order valence-electron chi connectivity index (χ2n) is 5.59. The molecule has 1 N–H and O–H groups in total. The Kier molecular flexibility index (Phi) is 5.79. The number of hydrogen-bond donors (Lipinski definition) is 1. The van der Waals surface area contributed by atoms with E-state index in [9.17, 15) is 4.79 Å². The number of benzene rings is 1. The van der Waals surface area contributed by atoms with Gasteiger partial charge in [0.2, 0.25) is 5.91 Å². The zero-order chi connectivity index (χ0) is 16.8. The summed E-state index contributed by atoms with van der Waals surface area (Å²) in [5.74, 6) is 0.853. The van der Waals surface area contributed by atoms with Crippen LogP contribution in [0.3, 0.4) is 0 Å². The molecule has 1 heterocycles. The lowest BCUT2D eigenvalue weighted by Gasteiger charge is -2.07. The number of aromatic nitrogens is 2. The maximum absolute atomic E-state index is 12.1. The van der Waals surface area contributed by atoms with Crippen LogP contribution in [0.5, 0.6) is 5.75 Å². The summed E-state index contributed by atoms with van der Waals surface area (Å²) in [6, 6.07) is 7.72. The van der Waals surface area contributed by atoms with E-state index in [-0.39, 0.29) is 5.91 Å². The topological polar surface area (TPSA) is 56.2 Å². The monoisotopic (exact) mass is 315 g/mol. The van der Waals surface area contributed by atoms with Gasteiger partial charge in [-0.05, 0) is 50.5 Å². The molecular weight excluding hydrogens is 290 g/mol. The molecule has 2 rings (SSSR count). The first-order valence-electron chi connectivity index (χ1n) is 7.97. The maximum atomic E-state index is 12.1. The largest absolute Gasteiger partial charge is 0.497 e. The first-order chi connectivity index (χ1) is 11.0. The Morgan fingerprint density at radius 2 is 2.13 bits per heavy atom. The molecule has 0 atom stereocenters. The quantitative estimate of drug-likeness (QED) is 0.855. The molecule has 0 spiro atoms. The molecule has 23 heavy (non-hydrogen) atoms. The number of hydrogen-bond acceptors (Lipinski definition) is 3. The third-order valence-corrected chi connectivity index (χ3v) is 4.06. The van der Waals surface area contributed by atoms with Crippen molar-refractivity contribution in [2.24, 2.45) is 0 Å². The number of methoxy groups -OCH3 is 1. The summed E-state index contributed by atoms with van der Waals surface area (Å²) >= 11 is 0. The second kappa shape index (κ2) is 7.81. The van der Waals surface area contributed by atoms with Crippen molar-refractivity contribution in [2.45, 2.75) is 46.7 Å². The van der Waals surface area contributed by atoms with Crippen LogP contribution in [-0.4, -0.2) is 22.8 Å². The van der Waals surface area contributed by atoms with E-state index in [0.717, 1.165) is 35.7 Å². The summed E-state index contributed by atoms with van der Waals surface area (Å²) in [7, 11) is 1.64. The van der Waals surface area contributed by atoms with E-state index in [4.69, 9.17) is 4.74 Å². The second-order valence-corrected chi connectivity index (χ2v) is 5.59. The molecule has 2 aromatic rings. The normalized spacial score (nSPS) is 10.6. The number of nitrogens with one attached hydrogen (secondary N) is 1. The Morgan fingerprint density at radius 1 is 1.35 bits per heavy atom. The SMILES string of the molecule is CCn1nc(C)c(CCC(=O)NCc2cccc(OC)c2)c1C. The first kappa shape index (κ1) is 17.1. The van der Waals surface area contributed by atoms with E-state index in [1.165, 1.54) is 5.56 Å². The average Bonchev–Trinajstić information content (AvgIpc) is 2.85. The molecule has 0 saturated carbocycles. The highest BCUT2D eigenvalue weighted by molar-refractivity contribution is 5.76. The van der Waals surface area contributed by atoms with Gasteiger partial charge in [0.1, 0.15) is 5.75 Å². The van der Waals surface area contributed by atoms with Gasteiger partial charge >= 0.3 is 0 Å². The number of aryl methyl sites for hydroxylation is 2. The molecule has 1 aromatic carbocycles. The summed E-state index contributed by atoms with van der Waals surface area (Å²) < 4.78 is 7.17. The highest BCUT2D eigenvalue weighted by Gasteiger charge is 2.12. The fourth-order valence-electron chi connectivity index (χ4n) is 2.71. The van der Waals surface area contributed by atoms with Gasteiger partial charge in [0.05, 0.1) is 12.8 Å². The predicted octanol–water partition coefficient (Wildman–Crippen LogP) is 2.78. The van der Waals surface area contributed by atoms with Gasteiger partial charge in [-0.25, -0.2) is 0 Å². The minimum Gasteiger partial charge on any atom is -0.497 e. The van der Waals surface area contributed by atoms with Gasteiger partial charge in [0.15, 0.2) is 0 Å². The van der Waals surface area contributed by atoms with Gasteiger partial charge in [0, 0.05) is 25.2 Å². The zero-order valence-electron chi connectivity index (χ0n) is 14.3. The summed E-state index contributed by atoms with van der Waals surface area (Å²) in [6.45, 7) is 7.51. The fraction of sp³-hybridized carbons (Fsp3) is 0.444. The molecular formula is C18H25N3O2. The third-order valence-electron chi connectivity index (χ3n) is 4.06. The van der Waals surface area contributed by atoms with Crippen molar-refractivity contribution in [3.05, 3.63) is 46.8 Å². The van der Waals surface area contributed by atoms with E-state index >= 15 is 0 Å². The minimum atomic E-state index is 0.0517. The van der Waals surface area contributed by atoms with Crippen molar-refractivity contribution in [3.8, 4) is 5.75 Å². The molecule has 1 amide bonds. The van der Waals surface area contributed by atoms with Gasteiger partial charge < -0.3 is 10.1 Å². The van der Waals surface area contributed by atoms with Crippen LogP contribution in [-0.2, 0) is 24.3 Å². The van der Waals surface area contributed by atoms with Crippen molar-refractivity contribution in [1.29, 1.82) is 0 Å². The van der Waals surface area contributed by atoms with Crippen LogP contribution in [0.2, 0.25) is 0 Å². The van der Waals surface area contributed by atoms with E-state index in [1.54, 1.807) is 7.11 Å². The Morgan fingerprint density at radius 3 is 2.78 bits per heavy atom. The maximum Gasteiger partial charge on any atom is 0.220 e. The first-order valence-corrected chi connectivity index (χ1v) is 7.97. The lowest BCUT2D eigenvalue weighted by Crippen LogP contribution is -2.23. The molecule has 0 unspecified atom stereocenters. The van der Waals surface area contributed by atoms with Gasteiger partial charge in [0.25, 0.3) is 0 Å². The van der Waals surface area contributed by atoms with Gasteiger partial charge in [-0.15, -0.1) is 0 Å². The summed E-state index contributed by atoms with van der Waals surface area (Å²) in [5, 5.41) is 7.45. The number of ether oxygens (including phenoxy) is 1. The molecule has 0 aliphatic carbocycles. The van der Waals surface area contributed by atoms with Gasteiger partial charge in [-0.3, -0.25) is 9.48 Å². The zero-order valence-corrected chi connectivity index (χ0v) is 14.3. The van der Waals surface area contributed by atoms with E-state index in [2.05, 4.69) is 24.3 Å². The average molecular weight is 315 g/mol. The lowest BCUT2D eigenvalue weighted by atomic mass is 10.1. The molecule has 0 saturated heterocycles. The van der Waals surface area contributed by atoms with E-state index in [0.29, 0.717) is 13.0 Å². The van der Waals surface area contributed by atoms with Crippen molar-refractivity contribution in [1.82, 2.24) is 15.1 Å². The highest BCUT2D eigenvalue weighted by atomic mass is 16.5. The molecule has 1 aromatic heterocycles. The van der Waals surface area contributed by atoms with Crippen molar-refractivity contribution < 1.29 is 9.53 Å². The summed E-state index contributed by atoms with van der Waals surface area (Å²) in [4.78, 5) is 12.1. The number of amides is 1. The Balaban J connectivity index is 1.87. The van der Waals surface area contributed by atoms with Gasteiger partial charge in [-0.1, -0.05) is 12.1 Å². The molecule has 124 valence electrons. The van der Waals surface area contributed by atoms with Crippen molar-refractivity contribution in [3.63, 3.8) is 0 Å². The molecule has 5 heteroatoms. The number of carbonyl (C=O) groups excluding carboxylic acids is 1. The van der Waals surface area contributed by atoms with Crippen LogP contribution in [0.15, 0.2) is 24.3 Å². The van der Waals surface area contributed by atoms with Crippen LogP contribution >= 0.6 is 0 Å². The Bertz CT molecular complexity index is 677. The highest BCUT2D eigenvalue weighted by Crippen LogP contribution is 2.15. The van der Waals surface area contributed by atoms with Crippen LogP contribution < -0.4 is 10.1 Å². The molecule has 0 aliphatic heterocycles. The lowest BCUT2D eigenvalue weighted by molar-refractivity contribution is -0.121. The third kappa shape index (κ3) is 4.34. The Hall–Kier alpha value is -2.30. The predicted molar refractivity (Wildman–Crippen MR) is 90.5 cm³/mol. The van der Waals surface area contributed by atoms with Crippen LogP contribution in [0.4, 0.5) is 0 Å². The van der Waals surface area contributed by atoms with E-state index in [1.807, 2.05) is 35.9 Å². The Labute approximate surface area is 137 Å².